The predicted octanol–water partition coefficient (Wildman–Crippen LogP) is 7.26. The van der Waals surface area contributed by atoms with Crippen LogP contribution in [0.5, 0.6) is 0 Å². The fourth-order valence-corrected chi connectivity index (χ4v) is 5.80. The molecule has 0 radical (unpaired) electrons. The van der Waals surface area contributed by atoms with Crippen LogP contribution in [0.25, 0.3) is 16.6 Å². The first-order valence-electron chi connectivity index (χ1n) is 13.1. The number of hydrogen-bond donors (Lipinski definition) is 3. The summed E-state index contributed by atoms with van der Waals surface area (Å²) in [7, 11) is 0. The number of rotatable bonds is 13. The van der Waals surface area contributed by atoms with Crippen LogP contribution in [0.2, 0.25) is 0 Å². The first-order valence-corrected chi connectivity index (χ1v) is 15.2. The van der Waals surface area contributed by atoms with Gasteiger partial charge in [0.25, 0.3) is 0 Å². The van der Waals surface area contributed by atoms with Gasteiger partial charge in [0.15, 0.2) is 0 Å². The Hall–Kier alpha value is -2.62. The van der Waals surface area contributed by atoms with Crippen LogP contribution in [-0.4, -0.2) is 63.3 Å². The van der Waals surface area contributed by atoms with E-state index in [9.17, 15) is 18.3 Å². The lowest BCUT2D eigenvalue weighted by atomic mass is 9.96. The molecule has 2 heterocycles. The standard InChI is InChI=1S/C26H39F3N6OS2.C2H2/c1-8-11-18-21(15(4)5)38-23(34-18)19-16(6)33-25(32-14-26(27,28)29)35-22(19)31-13-12-17(9-2)20(36)24(37-7)30-10-3;1-2/h8,11,15,17,20,36H,9-10,12-14H2,1-7H3,(H2,31,32,33,35);1-2H/b11-8-,30-24?;. The minimum atomic E-state index is -4.40. The number of thiazole rings is 1. The van der Waals surface area contributed by atoms with Crippen molar-refractivity contribution in [2.75, 3.05) is 36.5 Å². The Bertz CT molecular complexity index is 1150. The third kappa shape index (κ3) is 10.4. The van der Waals surface area contributed by atoms with Crippen LogP contribution < -0.4 is 10.6 Å². The fourth-order valence-electron chi connectivity index (χ4n) is 3.95. The molecule has 0 aliphatic rings. The number of aliphatic hydroxyl groups is 1. The Balaban J connectivity index is 0.00000391. The second kappa shape index (κ2) is 17.3. The zero-order valence-corrected chi connectivity index (χ0v) is 25.9. The molecule has 12 heteroatoms. The number of allylic oxidation sites excluding steroid dienone is 1. The largest absolute Gasteiger partial charge is 0.405 e. The zero-order chi connectivity index (χ0) is 30.5. The summed E-state index contributed by atoms with van der Waals surface area (Å²) in [5.74, 6) is 0.519. The monoisotopic (exact) mass is 598 g/mol. The van der Waals surface area contributed by atoms with E-state index in [0.29, 0.717) is 46.6 Å². The van der Waals surface area contributed by atoms with Gasteiger partial charge in [-0.05, 0) is 51.4 Å². The van der Waals surface area contributed by atoms with Crippen molar-refractivity contribution in [2.45, 2.75) is 72.6 Å². The summed E-state index contributed by atoms with van der Waals surface area (Å²) in [6.07, 6.45) is 10.1. The van der Waals surface area contributed by atoms with E-state index in [0.717, 1.165) is 17.0 Å². The molecule has 2 rings (SSSR count). The molecule has 0 saturated carbocycles. The van der Waals surface area contributed by atoms with Crippen LogP contribution in [0.4, 0.5) is 24.9 Å². The highest BCUT2D eigenvalue weighted by Crippen LogP contribution is 2.38. The van der Waals surface area contributed by atoms with Crippen molar-refractivity contribution >= 4 is 46.0 Å². The maximum absolute atomic E-state index is 12.9. The topological polar surface area (TPSA) is 95.3 Å². The summed E-state index contributed by atoms with van der Waals surface area (Å²) in [6, 6.07) is 0. The SMILES string of the molecule is C#C.C/C=C\c1nc(-c2c(C)nc(NCC(F)(F)F)nc2NCCC(CC)C(O)C(=NCC)SC)sc1C(C)C. The van der Waals surface area contributed by atoms with Crippen molar-refractivity contribution in [3.05, 3.63) is 22.3 Å². The number of aromatic nitrogens is 3. The molecular formula is C28H41F3N6OS2. The Labute approximate surface area is 244 Å². The van der Waals surface area contributed by atoms with Gasteiger partial charge in [-0.1, -0.05) is 33.3 Å². The molecule has 3 N–H and O–H groups in total. The number of aliphatic hydroxyl groups excluding tert-OH is 1. The van der Waals surface area contributed by atoms with E-state index in [1.807, 2.05) is 39.2 Å². The summed E-state index contributed by atoms with van der Waals surface area (Å²) in [4.78, 5) is 19.1. The first-order chi connectivity index (χ1) is 18.9. The lowest BCUT2D eigenvalue weighted by Crippen LogP contribution is -2.29. The molecule has 0 aromatic carbocycles. The molecule has 2 atom stereocenters. The highest BCUT2D eigenvalue weighted by Gasteiger charge is 2.28. The quantitative estimate of drug-likeness (QED) is 0.127. The number of thioether (sulfide) groups is 1. The lowest BCUT2D eigenvalue weighted by Gasteiger charge is -2.23. The molecule has 0 bridgehead atoms. The van der Waals surface area contributed by atoms with E-state index < -0.39 is 18.8 Å². The van der Waals surface area contributed by atoms with Gasteiger partial charge in [0.1, 0.15) is 23.5 Å². The molecule has 222 valence electrons. The van der Waals surface area contributed by atoms with Crippen molar-refractivity contribution in [1.29, 1.82) is 0 Å². The maximum Gasteiger partial charge on any atom is 0.405 e. The van der Waals surface area contributed by atoms with Crippen molar-refractivity contribution in [2.24, 2.45) is 10.9 Å². The normalized spacial score (nSPS) is 13.7. The second-order valence-electron chi connectivity index (χ2n) is 9.09. The highest BCUT2D eigenvalue weighted by atomic mass is 32.2. The molecule has 2 aromatic heterocycles. The van der Waals surface area contributed by atoms with Crippen molar-refractivity contribution < 1.29 is 18.3 Å². The number of alkyl halides is 3. The lowest BCUT2D eigenvalue weighted by molar-refractivity contribution is -0.115. The van der Waals surface area contributed by atoms with E-state index in [-0.39, 0.29) is 17.8 Å². The first kappa shape index (κ1) is 35.4. The Morgan fingerprint density at radius 1 is 1.18 bits per heavy atom. The van der Waals surface area contributed by atoms with E-state index >= 15 is 0 Å². The summed E-state index contributed by atoms with van der Waals surface area (Å²) in [6.45, 7) is 11.6. The van der Waals surface area contributed by atoms with Crippen LogP contribution in [-0.2, 0) is 0 Å². The molecule has 2 aromatic rings. The van der Waals surface area contributed by atoms with Crippen LogP contribution in [0.1, 0.15) is 69.6 Å². The van der Waals surface area contributed by atoms with Crippen LogP contribution >= 0.6 is 23.1 Å². The minimum Gasteiger partial charge on any atom is -0.386 e. The molecule has 0 spiro atoms. The van der Waals surface area contributed by atoms with Gasteiger partial charge >= 0.3 is 6.18 Å². The number of anilines is 2. The van der Waals surface area contributed by atoms with Gasteiger partial charge in [0.2, 0.25) is 5.95 Å². The van der Waals surface area contributed by atoms with Crippen LogP contribution in [0.3, 0.4) is 0 Å². The van der Waals surface area contributed by atoms with Gasteiger partial charge in [-0.3, -0.25) is 4.99 Å². The number of nitrogens with zero attached hydrogens (tertiary/aromatic N) is 4. The number of aryl methyl sites for hydroxylation is 1. The third-order valence-corrected chi connectivity index (χ3v) is 8.01. The van der Waals surface area contributed by atoms with Crippen molar-refractivity contribution in [1.82, 2.24) is 15.0 Å². The highest BCUT2D eigenvalue weighted by molar-refractivity contribution is 8.13. The van der Waals surface area contributed by atoms with E-state index in [1.54, 1.807) is 6.92 Å². The minimum absolute atomic E-state index is 0.0387. The Kier molecular flexibility index (Phi) is 15.3. The van der Waals surface area contributed by atoms with Crippen LogP contribution in [0.15, 0.2) is 11.1 Å². The average molecular weight is 599 g/mol. The Morgan fingerprint density at radius 2 is 1.85 bits per heavy atom. The van der Waals surface area contributed by atoms with E-state index in [2.05, 4.69) is 52.3 Å². The zero-order valence-electron chi connectivity index (χ0n) is 24.3. The molecule has 0 fully saturated rings. The van der Waals surface area contributed by atoms with E-state index in [1.165, 1.54) is 23.1 Å². The van der Waals surface area contributed by atoms with Gasteiger partial charge in [0, 0.05) is 18.0 Å². The van der Waals surface area contributed by atoms with Gasteiger partial charge in [0.05, 0.1) is 22.0 Å². The molecule has 7 nitrogen and oxygen atoms in total. The van der Waals surface area contributed by atoms with Crippen molar-refractivity contribution in [3.8, 4) is 23.4 Å². The fraction of sp³-hybridized carbons (Fsp3) is 0.571. The molecule has 40 heavy (non-hydrogen) atoms. The van der Waals surface area contributed by atoms with Crippen molar-refractivity contribution in [3.63, 3.8) is 0 Å². The summed E-state index contributed by atoms with van der Waals surface area (Å²) in [5.41, 5.74) is 2.05. The number of halogens is 3. The van der Waals surface area contributed by atoms with Crippen LogP contribution in [0, 0.1) is 25.7 Å². The number of hydrogen-bond acceptors (Lipinski definition) is 9. The predicted molar refractivity (Wildman–Crippen MR) is 165 cm³/mol. The number of nitrogens with one attached hydrogen (secondary N) is 2. The van der Waals surface area contributed by atoms with Gasteiger partial charge in [-0.2, -0.15) is 18.2 Å². The number of terminal acetylenes is 1. The van der Waals surface area contributed by atoms with Gasteiger partial charge in [-0.15, -0.1) is 35.9 Å². The smallest absolute Gasteiger partial charge is 0.386 e. The summed E-state index contributed by atoms with van der Waals surface area (Å²) in [5, 5.41) is 17.9. The molecule has 0 amide bonds. The third-order valence-electron chi connectivity index (χ3n) is 5.84. The molecule has 2 unspecified atom stereocenters. The van der Waals surface area contributed by atoms with Gasteiger partial charge in [-0.25, -0.2) is 9.97 Å². The van der Waals surface area contributed by atoms with E-state index in [4.69, 9.17) is 4.98 Å². The van der Waals surface area contributed by atoms with Gasteiger partial charge < -0.3 is 15.7 Å². The summed E-state index contributed by atoms with van der Waals surface area (Å²) >= 11 is 2.98. The molecule has 0 aliphatic carbocycles. The molecular weight excluding hydrogens is 557 g/mol. The second-order valence-corrected chi connectivity index (χ2v) is 11.0. The average Bonchev–Trinajstić information content (AvgIpc) is 3.32. The summed E-state index contributed by atoms with van der Waals surface area (Å²) < 4.78 is 38.6. The number of aliphatic imine (C=N–C) groups is 1. The molecule has 0 saturated heterocycles. The maximum atomic E-state index is 12.9. The Morgan fingerprint density at radius 3 is 2.38 bits per heavy atom. The molecule has 0 aliphatic heterocycles.